The van der Waals surface area contributed by atoms with Crippen molar-refractivity contribution < 1.29 is 55.7 Å². The molecule has 5 rings (SSSR count). The number of nitrogens with one attached hydrogen (secondary N) is 2. The SMILES string of the molecule is O=C(COc1ccc2c(=O)c3[nH]nnc3c(=O)[nH]c2c1)N(Cc1ccccn1)Cc1ccccn1.O=C(O)C(F)(F)F.O=C(O)C(F)(F)F. The standard InChI is InChI=1S/C24H19N7O4.2C2HF3O2/c32-20(31(12-15-5-1-3-9-25-15)13-16-6-2-4-10-26-16)14-35-17-7-8-18-19(11-17)27-24(34)22-21(23(18)33)28-30-29-22;2*3-2(4,5)1(6)7/h1-11H,12-14H2,(H,27,34)(H,28,29,30);2*(H,6,7). The Labute approximate surface area is 267 Å². The Balaban J connectivity index is 0.000000392. The van der Waals surface area contributed by atoms with Gasteiger partial charge >= 0.3 is 24.3 Å². The zero-order chi connectivity index (χ0) is 36.4. The van der Waals surface area contributed by atoms with Crippen LogP contribution in [0.2, 0.25) is 0 Å². The monoisotopic (exact) mass is 697 g/mol. The van der Waals surface area contributed by atoms with Crippen molar-refractivity contribution in [2.75, 3.05) is 6.61 Å². The smallest absolute Gasteiger partial charge is 0.484 e. The summed E-state index contributed by atoms with van der Waals surface area (Å²) < 4.78 is 69.2. The Morgan fingerprint density at radius 3 is 1.82 bits per heavy atom. The Morgan fingerprint density at radius 1 is 0.816 bits per heavy atom. The minimum Gasteiger partial charge on any atom is -0.484 e. The molecule has 0 bridgehead atoms. The van der Waals surface area contributed by atoms with Gasteiger partial charge in [0.2, 0.25) is 5.43 Å². The number of ether oxygens (including phenoxy) is 1. The van der Waals surface area contributed by atoms with E-state index in [1.807, 2.05) is 36.4 Å². The third kappa shape index (κ3) is 10.8. The van der Waals surface area contributed by atoms with Gasteiger partial charge < -0.3 is 24.8 Å². The van der Waals surface area contributed by atoms with Crippen molar-refractivity contribution in [3.8, 4) is 5.75 Å². The topological polar surface area (TPSA) is 221 Å². The molecule has 0 saturated heterocycles. The molecule has 0 radical (unpaired) electrons. The van der Waals surface area contributed by atoms with Crippen LogP contribution in [0.4, 0.5) is 26.3 Å². The molecule has 1 amide bonds. The summed E-state index contributed by atoms with van der Waals surface area (Å²) in [7, 11) is 0. The fourth-order valence-electron chi connectivity index (χ4n) is 3.62. The summed E-state index contributed by atoms with van der Waals surface area (Å²) in [5.74, 6) is -5.47. The van der Waals surface area contributed by atoms with Crippen molar-refractivity contribution >= 4 is 39.8 Å². The second-order valence-corrected chi connectivity index (χ2v) is 9.31. The largest absolute Gasteiger partial charge is 0.490 e. The van der Waals surface area contributed by atoms with Crippen LogP contribution < -0.4 is 15.7 Å². The highest BCUT2D eigenvalue weighted by Gasteiger charge is 2.38. The van der Waals surface area contributed by atoms with Crippen LogP contribution in [0.1, 0.15) is 11.4 Å². The number of halogens is 6. The quantitative estimate of drug-likeness (QED) is 0.180. The third-order valence-electron chi connectivity index (χ3n) is 5.83. The molecule has 0 atom stereocenters. The Bertz CT molecular complexity index is 1970. The lowest BCUT2D eigenvalue weighted by molar-refractivity contribution is -0.193. The van der Waals surface area contributed by atoms with E-state index in [2.05, 4.69) is 30.4 Å². The van der Waals surface area contributed by atoms with E-state index in [0.29, 0.717) is 5.75 Å². The highest BCUT2D eigenvalue weighted by atomic mass is 19.4. The molecule has 0 unspecified atom stereocenters. The van der Waals surface area contributed by atoms with Crippen LogP contribution in [0.15, 0.2) is 76.6 Å². The molecule has 4 heterocycles. The number of carbonyl (C=O) groups is 3. The number of carbonyl (C=O) groups excluding carboxylic acids is 1. The molecular weight excluding hydrogens is 676 g/mol. The van der Waals surface area contributed by atoms with E-state index in [-0.39, 0.29) is 47.5 Å². The van der Waals surface area contributed by atoms with Gasteiger partial charge in [0.05, 0.1) is 30.0 Å². The average molecular weight is 698 g/mol. The van der Waals surface area contributed by atoms with Crippen LogP contribution in [-0.4, -0.2) is 82.3 Å². The first-order valence-electron chi connectivity index (χ1n) is 13.2. The number of benzene rings is 1. The number of aromatic amines is 2. The molecule has 21 heteroatoms. The van der Waals surface area contributed by atoms with Crippen molar-refractivity contribution in [1.29, 1.82) is 0 Å². The van der Waals surface area contributed by atoms with Crippen molar-refractivity contribution in [2.24, 2.45) is 0 Å². The van der Waals surface area contributed by atoms with Crippen molar-refractivity contribution in [3.63, 3.8) is 0 Å². The number of hydrogen-bond acceptors (Lipinski definition) is 10. The first kappa shape index (κ1) is 37.1. The summed E-state index contributed by atoms with van der Waals surface area (Å²) in [4.78, 5) is 68.9. The van der Waals surface area contributed by atoms with E-state index >= 15 is 0 Å². The normalized spacial score (nSPS) is 11.1. The zero-order valence-electron chi connectivity index (χ0n) is 24.3. The van der Waals surface area contributed by atoms with Crippen LogP contribution in [0.3, 0.4) is 0 Å². The molecule has 0 spiro atoms. The Kier molecular flexibility index (Phi) is 12.0. The number of hydrogen-bond donors (Lipinski definition) is 4. The molecule has 4 aromatic heterocycles. The van der Waals surface area contributed by atoms with Crippen LogP contribution in [-0.2, 0) is 27.5 Å². The lowest BCUT2D eigenvalue weighted by Gasteiger charge is -2.22. The second-order valence-electron chi connectivity index (χ2n) is 9.31. The first-order chi connectivity index (χ1) is 23.0. The van der Waals surface area contributed by atoms with Gasteiger partial charge in [-0.3, -0.25) is 29.5 Å². The summed E-state index contributed by atoms with van der Waals surface area (Å²) in [5.41, 5.74) is 0.677. The number of alkyl halides is 6. The molecule has 49 heavy (non-hydrogen) atoms. The summed E-state index contributed by atoms with van der Waals surface area (Å²) in [6, 6.07) is 15.6. The maximum absolute atomic E-state index is 13.1. The fourth-order valence-corrected chi connectivity index (χ4v) is 3.62. The number of aromatic nitrogens is 6. The van der Waals surface area contributed by atoms with Crippen LogP contribution in [0, 0.1) is 0 Å². The van der Waals surface area contributed by atoms with E-state index in [1.54, 1.807) is 23.4 Å². The maximum atomic E-state index is 13.1. The molecule has 0 aliphatic heterocycles. The lowest BCUT2D eigenvalue weighted by Crippen LogP contribution is -2.34. The van der Waals surface area contributed by atoms with E-state index in [4.69, 9.17) is 24.5 Å². The number of nitrogens with zero attached hydrogens (tertiary/aromatic N) is 5. The van der Waals surface area contributed by atoms with Gasteiger partial charge in [-0.1, -0.05) is 17.3 Å². The van der Waals surface area contributed by atoms with E-state index in [0.717, 1.165) is 11.4 Å². The van der Waals surface area contributed by atoms with Crippen LogP contribution in [0.5, 0.6) is 5.75 Å². The van der Waals surface area contributed by atoms with Gasteiger partial charge in [0, 0.05) is 23.8 Å². The number of H-pyrrole nitrogens is 2. The third-order valence-corrected chi connectivity index (χ3v) is 5.83. The van der Waals surface area contributed by atoms with Crippen LogP contribution >= 0.6 is 0 Å². The van der Waals surface area contributed by atoms with E-state index in [9.17, 15) is 40.7 Å². The summed E-state index contributed by atoms with van der Waals surface area (Å²) in [5, 5.41) is 24.2. The van der Waals surface area contributed by atoms with Gasteiger partial charge in [0.1, 0.15) is 11.3 Å². The van der Waals surface area contributed by atoms with Gasteiger partial charge in [-0.2, -0.15) is 26.3 Å². The van der Waals surface area contributed by atoms with Crippen molar-refractivity contribution in [2.45, 2.75) is 25.4 Å². The number of amides is 1. The second kappa shape index (κ2) is 15.9. The minimum absolute atomic E-state index is 0.0183. The van der Waals surface area contributed by atoms with Crippen molar-refractivity contribution in [3.05, 3.63) is 99.0 Å². The first-order valence-corrected chi connectivity index (χ1v) is 13.2. The summed E-state index contributed by atoms with van der Waals surface area (Å²) in [6.07, 6.45) is -6.83. The highest BCUT2D eigenvalue weighted by Crippen LogP contribution is 2.18. The Morgan fingerprint density at radius 2 is 1.35 bits per heavy atom. The fraction of sp³-hybridized carbons (Fsp3) is 0.179. The number of fused-ring (bicyclic) bond motifs is 2. The molecule has 5 aromatic rings. The molecule has 1 aromatic carbocycles. The number of carboxylic acid groups (broad SMARTS) is 2. The van der Waals surface area contributed by atoms with Gasteiger partial charge in [0.25, 0.3) is 11.5 Å². The molecular formula is C28H21F6N7O8. The van der Waals surface area contributed by atoms with Gasteiger partial charge in [0.15, 0.2) is 12.1 Å². The lowest BCUT2D eigenvalue weighted by atomic mass is 10.2. The predicted molar refractivity (Wildman–Crippen MR) is 154 cm³/mol. The predicted octanol–water partition coefficient (Wildman–Crippen LogP) is 2.82. The van der Waals surface area contributed by atoms with E-state index < -0.39 is 35.3 Å². The molecule has 15 nitrogen and oxygen atoms in total. The van der Waals surface area contributed by atoms with Gasteiger partial charge in [-0.05, 0) is 36.4 Å². The van der Waals surface area contributed by atoms with Gasteiger partial charge in [-0.25, -0.2) is 9.59 Å². The number of carboxylic acids is 2. The zero-order valence-corrected chi connectivity index (χ0v) is 24.3. The maximum Gasteiger partial charge on any atom is 0.490 e. The minimum atomic E-state index is -5.08. The molecule has 0 saturated carbocycles. The molecule has 4 N–H and O–H groups in total. The van der Waals surface area contributed by atoms with Crippen LogP contribution in [0.25, 0.3) is 21.9 Å². The number of pyridine rings is 2. The molecule has 258 valence electrons. The van der Waals surface area contributed by atoms with Gasteiger partial charge in [-0.15, -0.1) is 5.10 Å². The number of rotatable bonds is 7. The molecule has 0 aliphatic rings. The molecule has 0 aliphatic carbocycles. The average Bonchev–Trinajstić information content (AvgIpc) is 3.51. The summed E-state index contributed by atoms with van der Waals surface area (Å²) >= 11 is 0. The molecule has 0 fully saturated rings. The Hall–Kier alpha value is -6.41. The highest BCUT2D eigenvalue weighted by molar-refractivity contribution is 5.87. The van der Waals surface area contributed by atoms with Crippen molar-refractivity contribution in [1.82, 2.24) is 35.3 Å². The summed E-state index contributed by atoms with van der Waals surface area (Å²) in [6.45, 7) is 0.311. The van der Waals surface area contributed by atoms with E-state index in [1.165, 1.54) is 12.1 Å². The number of aliphatic carboxylic acids is 2.